The molecule has 212 valence electrons. The highest BCUT2D eigenvalue weighted by Gasteiger charge is 2.28. The Labute approximate surface area is 247 Å². The Bertz CT molecular complexity index is 1730. The second-order valence-corrected chi connectivity index (χ2v) is 10.6. The molecule has 6 rings (SSSR count). The van der Waals surface area contributed by atoms with E-state index in [0.29, 0.717) is 5.58 Å². The molecule has 0 saturated heterocycles. The predicted molar refractivity (Wildman–Crippen MR) is 175 cm³/mol. The van der Waals surface area contributed by atoms with Crippen molar-refractivity contribution in [1.82, 2.24) is 4.90 Å². The number of benzene rings is 4. The lowest BCUT2D eigenvalue weighted by Crippen LogP contribution is -2.41. The van der Waals surface area contributed by atoms with E-state index in [1.165, 1.54) is 28.2 Å². The van der Waals surface area contributed by atoms with Crippen molar-refractivity contribution in [3.63, 3.8) is 0 Å². The minimum atomic E-state index is -0.299. The number of fused-ring (bicyclic) bond motifs is 1. The average molecular weight is 556 g/mol. The van der Waals surface area contributed by atoms with Crippen LogP contribution in [0.2, 0.25) is 0 Å². The second kappa shape index (κ2) is 12.4. The first-order valence-electron chi connectivity index (χ1n) is 14.9. The van der Waals surface area contributed by atoms with Crippen LogP contribution < -0.4 is 15.4 Å². The van der Waals surface area contributed by atoms with Crippen molar-refractivity contribution < 1.29 is 4.42 Å². The van der Waals surface area contributed by atoms with Crippen LogP contribution in [0.5, 0.6) is 0 Å². The van der Waals surface area contributed by atoms with Crippen molar-refractivity contribution in [3.05, 3.63) is 142 Å². The molecule has 0 fully saturated rings. The molecule has 0 spiro atoms. The number of hydrogen-bond acceptors (Lipinski definition) is 5. The molecule has 0 amide bonds. The molecule has 1 aromatic heterocycles. The van der Waals surface area contributed by atoms with Crippen molar-refractivity contribution in [2.24, 2.45) is 0 Å². The van der Waals surface area contributed by atoms with Gasteiger partial charge in [0.15, 0.2) is 0 Å². The fraction of sp³-hybridized carbons (Fsp3) is 0.216. The maximum atomic E-state index is 12.7. The van der Waals surface area contributed by atoms with E-state index in [2.05, 4.69) is 132 Å². The van der Waals surface area contributed by atoms with E-state index >= 15 is 0 Å². The van der Waals surface area contributed by atoms with Crippen molar-refractivity contribution in [2.45, 2.75) is 20.3 Å². The van der Waals surface area contributed by atoms with E-state index in [1.807, 2.05) is 6.07 Å². The van der Waals surface area contributed by atoms with Gasteiger partial charge in [0.25, 0.3) is 0 Å². The third-order valence-corrected chi connectivity index (χ3v) is 8.16. The number of anilines is 2. The largest absolute Gasteiger partial charge is 0.423 e. The Hall–Kier alpha value is -4.77. The third kappa shape index (κ3) is 5.55. The summed E-state index contributed by atoms with van der Waals surface area (Å²) in [6.07, 6.45) is 0.733. The van der Waals surface area contributed by atoms with Crippen LogP contribution in [0.25, 0.3) is 22.4 Å². The monoisotopic (exact) mass is 555 g/mol. The first kappa shape index (κ1) is 27.4. The molecule has 1 aliphatic heterocycles. The van der Waals surface area contributed by atoms with Crippen LogP contribution in [0.15, 0.2) is 124 Å². The first-order chi connectivity index (χ1) is 20.7. The Kier molecular flexibility index (Phi) is 8.09. The van der Waals surface area contributed by atoms with Gasteiger partial charge in [-0.25, -0.2) is 4.79 Å². The van der Waals surface area contributed by atoms with Crippen molar-refractivity contribution in [2.75, 3.05) is 42.5 Å². The van der Waals surface area contributed by atoms with Crippen molar-refractivity contribution in [3.8, 4) is 0 Å². The molecule has 1 aliphatic rings. The topological polar surface area (TPSA) is 39.9 Å². The normalized spacial score (nSPS) is 13.6. The van der Waals surface area contributed by atoms with Gasteiger partial charge in [0.05, 0.1) is 11.4 Å². The molecular formula is C37H37N3O2. The standard InChI is InChI=1S/C37H37N3O2/c1-3-38(4-2)32-20-21-33-30(26-35(41)42-34(33)27-32)22-23-39-24-25-40(31-18-12-7-13-19-31)37(29-16-10-6-11-17-29)36(39)28-14-8-5-9-15-28/h5-21,26-27H,3-4,22-25H2,1-2H3. The lowest BCUT2D eigenvalue weighted by molar-refractivity contribution is 0.400. The fourth-order valence-electron chi connectivity index (χ4n) is 6.08. The predicted octanol–water partition coefficient (Wildman–Crippen LogP) is 7.53. The number of para-hydroxylation sites is 1. The summed E-state index contributed by atoms with van der Waals surface area (Å²) in [7, 11) is 0. The van der Waals surface area contributed by atoms with Gasteiger partial charge in [0, 0.05) is 67.2 Å². The van der Waals surface area contributed by atoms with E-state index in [9.17, 15) is 4.79 Å². The molecular weight excluding hydrogens is 518 g/mol. The molecule has 5 aromatic rings. The van der Waals surface area contributed by atoms with Gasteiger partial charge in [-0.2, -0.15) is 0 Å². The Morgan fingerprint density at radius 2 is 1.33 bits per heavy atom. The molecule has 5 heteroatoms. The van der Waals surface area contributed by atoms with Crippen LogP contribution in [-0.2, 0) is 6.42 Å². The number of hydrogen-bond donors (Lipinski definition) is 0. The molecule has 42 heavy (non-hydrogen) atoms. The van der Waals surface area contributed by atoms with E-state index in [4.69, 9.17) is 4.42 Å². The summed E-state index contributed by atoms with van der Waals surface area (Å²) >= 11 is 0. The van der Waals surface area contributed by atoms with Gasteiger partial charge in [0.2, 0.25) is 0 Å². The lowest BCUT2D eigenvalue weighted by Gasteiger charge is -2.41. The maximum absolute atomic E-state index is 12.7. The zero-order valence-electron chi connectivity index (χ0n) is 24.4. The van der Waals surface area contributed by atoms with Gasteiger partial charge >= 0.3 is 5.63 Å². The molecule has 2 heterocycles. The van der Waals surface area contributed by atoms with E-state index in [-0.39, 0.29) is 5.63 Å². The van der Waals surface area contributed by atoms with Crippen LogP contribution in [0.4, 0.5) is 11.4 Å². The highest BCUT2D eigenvalue weighted by Crippen LogP contribution is 2.38. The number of nitrogens with zero attached hydrogens (tertiary/aromatic N) is 3. The van der Waals surface area contributed by atoms with E-state index in [0.717, 1.165) is 55.8 Å². The fourth-order valence-corrected chi connectivity index (χ4v) is 6.08. The molecule has 4 aromatic carbocycles. The van der Waals surface area contributed by atoms with Gasteiger partial charge in [0.1, 0.15) is 5.58 Å². The van der Waals surface area contributed by atoms with Gasteiger partial charge in [-0.3, -0.25) is 0 Å². The van der Waals surface area contributed by atoms with Crippen LogP contribution in [-0.4, -0.2) is 37.6 Å². The lowest BCUT2D eigenvalue weighted by atomic mass is 9.98. The Balaban J connectivity index is 1.42. The molecule has 5 nitrogen and oxygen atoms in total. The summed E-state index contributed by atoms with van der Waals surface area (Å²) in [5.41, 5.74) is 8.39. The SMILES string of the molecule is CCN(CC)c1ccc2c(CCN3CCN(c4ccccc4)C(c4ccccc4)=C3c3ccccc3)cc(=O)oc2c1. The molecule has 0 saturated carbocycles. The quantitative estimate of drug-likeness (QED) is 0.176. The molecule has 0 atom stereocenters. The summed E-state index contributed by atoms with van der Waals surface area (Å²) in [5, 5.41) is 1.00. The highest BCUT2D eigenvalue weighted by molar-refractivity contribution is 5.97. The zero-order valence-corrected chi connectivity index (χ0v) is 24.4. The number of rotatable bonds is 9. The Morgan fingerprint density at radius 1 is 0.714 bits per heavy atom. The summed E-state index contributed by atoms with van der Waals surface area (Å²) in [6.45, 7) is 8.58. The van der Waals surface area contributed by atoms with Gasteiger partial charge in [-0.15, -0.1) is 0 Å². The highest BCUT2D eigenvalue weighted by atomic mass is 16.4. The first-order valence-corrected chi connectivity index (χ1v) is 14.9. The van der Waals surface area contributed by atoms with Gasteiger partial charge in [-0.05, 0) is 55.7 Å². The smallest absolute Gasteiger partial charge is 0.336 e. The molecule has 0 aliphatic carbocycles. The second-order valence-electron chi connectivity index (χ2n) is 10.6. The summed E-state index contributed by atoms with van der Waals surface area (Å²) in [5.74, 6) is 0. The van der Waals surface area contributed by atoms with Crippen LogP contribution in [0, 0.1) is 0 Å². The Morgan fingerprint density at radius 3 is 1.98 bits per heavy atom. The molecule has 0 unspecified atom stereocenters. The van der Waals surface area contributed by atoms with Crippen LogP contribution >= 0.6 is 0 Å². The van der Waals surface area contributed by atoms with Crippen LogP contribution in [0.1, 0.15) is 30.5 Å². The zero-order chi connectivity index (χ0) is 28.9. The molecule has 0 bridgehead atoms. The van der Waals surface area contributed by atoms with Crippen molar-refractivity contribution in [1.29, 1.82) is 0 Å². The average Bonchev–Trinajstić information content (AvgIpc) is 3.04. The van der Waals surface area contributed by atoms with Crippen molar-refractivity contribution >= 4 is 33.7 Å². The molecule has 0 N–H and O–H groups in total. The minimum absolute atomic E-state index is 0.299. The maximum Gasteiger partial charge on any atom is 0.336 e. The summed E-state index contributed by atoms with van der Waals surface area (Å²) < 4.78 is 5.69. The van der Waals surface area contributed by atoms with E-state index < -0.39 is 0 Å². The minimum Gasteiger partial charge on any atom is -0.423 e. The van der Waals surface area contributed by atoms with E-state index in [1.54, 1.807) is 6.07 Å². The van der Waals surface area contributed by atoms with Gasteiger partial charge < -0.3 is 19.1 Å². The summed E-state index contributed by atoms with van der Waals surface area (Å²) in [4.78, 5) is 19.9. The third-order valence-electron chi connectivity index (χ3n) is 8.16. The molecule has 0 radical (unpaired) electrons. The van der Waals surface area contributed by atoms with Gasteiger partial charge in [-0.1, -0.05) is 78.9 Å². The summed E-state index contributed by atoms with van der Waals surface area (Å²) in [6, 6.07) is 39.9. The van der Waals surface area contributed by atoms with Crippen LogP contribution in [0.3, 0.4) is 0 Å².